The van der Waals surface area contributed by atoms with Gasteiger partial charge in [0.15, 0.2) is 0 Å². The van der Waals surface area contributed by atoms with E-state index in [2.05, 4.69) is 0 Å². The highest BCUT2D eigenvalue weighted by atomic mass is 16.5. The second-order valence-corrected chi connectivity index (χ2v) is 4.36. The van der Waals surface area contributed by atoms with E-state index in [1.807, 2.05) is 18.2 Å². The molecule has 0 aromatic heterocycles. The van der Waals surface area contributed by atoms with Crippen LogP contribution >= 0.6 is 0 Å². The molecule has 2 heterocycles. The molecule has 2 N–H and O–H groups in total. The number of benzene rings is 1. The molecule has 4 nitrogen and oxygen atoms in total. The second kappa shape index (κ2) is 3.22. The molecule has 4 heteroatoms. The van der Waals surface area contributed by atoms with Crippen molar-refractivity contribution in [2.45, 2.75) is 11.8 Å². The van der Waals surface area contributed by atoms with Gasteiger partial charge in [0.05, 0.1) is 19.8 Å². The summed E-state index contributed by atoms with van der Waals surface area (Å²) in [5.74, 6) is 0.612. The Labute approximate surface area is 93.3 Å². The Morgan fingerprint density at radius 3 is 2.81 bits per heavy atom. The third-order valence-electron chi connectivity index (χ3n) is 3.41. The quantitative estimate of drug-likeness (QED) is 0.782. The number of hydrogen-bond donors (Lipinski definition) is 1. The van der Waals surface area contributed by atoms with Crippen molar-refractivity contribution in [2.75, 3.05) is 19.8 Å². The number of rotatable bonds is 2. The predicted octanol–water partition coefficient (Wildman–Crippen LogP) is 0.375. The first-order valence-corrected chi connectivity index (χ1v) is 5.36. The fourth-order valence-corrected chi connectivity index (χ4v) is 2.24. The molecule has 0 unspecified atom stereocenters. The smallest absolute Gasteiger partial charge is 0.232 e. The maximum atomic E-state index is 11.5. The van der Waals surface area contributed by atoms with Crippen LogP contribution in [0.25, 0.3) is 0 Å². The van der Waals surface area contributed by atoms with Crippen LogP contribution in [-0.4, -0.2) is 25.7 Å². The summed E-state index contributed by atoms with van der Waals surface area (Å²) < 4.78 is 10.6. The lowest BCUT2D eigenvalue weighted by Gasteiger charge is -2.39. The van der Waals surface area contributed by atoms with Gasteiger partial charge in [-0.05, 0) is 17.2 Å². The van der Waals surface area contributed by atoms with Gasteiger partial charge in [-0.15, -0.1) is 0 Å². The summed E-state index contributed by atoms with van der Waals surface area (Å²) in [6, 6.07) is 5.85. The van der Waals surface area contributed by atoms with Crippen molar-refractivity contribution in [2.24, 2.45) is 5.73 Å². The van der Waals surface area contributed by atoms with Gasteiger partial charge in [-0.25, -0.2) is 0 Å². The second-order valence-electron chi connectivity index (χ2n) is 4.36. The molecule has 1 fully saturated rings. The van der Waals surface area contributed by atoms with Crippen LogP contribution in [0.3, 0.4) is 0 Å². The summed E-state index contributed by atoms with van der Waals surface area (Å²) >= 11 is 0. The van der Waals surface area contributed by atoms with Crippen LogP contribution in [0.5, 0.6) is 5.75 Å². The van der Waals surface area contributed by atoms with Gasteiger partial charge in [0.1, 0.15) is 11.2 Å². The lowest BCUT2D eigenvalue weighted by molar-refractivity contribution is -0.141. The van der Waals surface area contributed by atoms with E-state index in [1.54, 1.807) is 0 Å². The number of fused-ring (bicyclic) bond motifs is 1. The fraction of sp³-hybridized carbons (Fsp3) is 0.417. The minimum absolute atomic E-state index is 0.308. The van der Waals surface area contributed by atoms with E-state index in [0.717, 1.165) is 29.9 Å². The molecule has 16 heavy (non-hydrogen) atoms. The zero-order chi connectivity index (χ0) is 11.2. The molecule has 2 aliphatic heterocycles. The molecule has 1 saturated heterocycles. The Hall–Kier alpha value is -1.55. The van der Waals surface area contributed by atoms with E-state index in [9.17, 15) is 4.79 Å². The third kappa shape index (κ3) is 1.16. The lowest BCUT2D eigenvalue weighted by atomic mass is 9.77. The molecule has 0 radical (unpaired) electrons. The van der Waals surface area contributed by atoms with E-state index >= 15 is 0 Å². The van der Waals surface area contributed by atoms with Crippen LogP contribution in [0.2, 0.25) is 0 Å². The third-order valence-corrected chi connectivity index (χ3v) is 3.41. The highest BCUT2D eigenvalue weighted by Gasteiger charge is 2.46. The van der Waals surface area contributed by atoms with E-state index in [1.165, 1.54) is 0 Å². The Bertz CT molecular complexity index is 452. The molecule has 0 atom stereocenters. The minimum Gasteiger partial charge on any atom is -0.493 e. The predicted molar refractivity (Wildman–Crippen MR) is 57.3 cm³/mol. The summed E-state index contributed by atoms with van der Waals surface area (Å²) in [7, 11) is 0. The van der Waals surface area contributed by atoms with Crippen molar-refractivity contribution in [3.8, 4) is 5.75 Å². The van der Waals surface area contributed by atoms with Crippen molar-refractivity contribution in [3.05, 3.63) is 29.3 Å². The van der Waals surface area contributed by atoms with Crippen molar-refractivity contribution in [1.29, 1.82) is 0 Å². The van der Waals surface area contributed by atoms with Crippen LogP contribution in [-0.2, 0) is 21.4 Å². The molecular weight excluding hydrogens is 206 g/mol. The first-order valence-electron chi connectivity index (χ1n) is 5.36. The molecule has 1 aromatic rings. The highest BCUT2D eigenvalue weighted by Crippen LogP contribution is 2.36. The maximum absolute atomic E-state index is 11.5. The van der Waals surface area contributed by atoms with Gasteiger partial charge in [-0.3, -0.25) is 4.79 Å². The topological polar surface area (TPSA) is 61.6 Å². The van der Waals surface area contributed by atoms with Crippen molar-refractivity contribution in [1.82, 2.24) is 0 Å². The van der Waals surface area contributed by atoms with Crippen molar-refractivity contribution < 1.29 is 14.3 Å². The molecule has 3 rings (SSSR count). The minimum atomic E-state index is -0.613. The molecule has 84 valence electrons. The summed E-state index contributed by atoms with van der Waals surface area (Å²) in [5, 5.41) is 0. The van der Waals surface area contributed by atoms with Gasteiger partial charge >= 0.3 is 0 Å². The number of nitrogens with two attached hydrogens (primary N) is 1. The maximum Gasteiger partial charge on any atom is 0.232 e. The normalized spacial score (nSPS) is 20.8. The van der Waals surface area contributed by atoms with Crippen LogP contribution in [0.1, 0.15) is 11.1 Å². The summed E-state index contributed by atoms with van der Waals surface area (Å²) in [4.78, 5) is 11.5. The van der Waals surface area contributed by atoms with Crippen molar-refractivity contribution in [3.63, 3.8) is 0 Å². The monoisotopic (exact) mass is 219 g/mol. The van der Waals surface area contributed by atoms with Gasteiger partial charge in [0.25, 0.3) is 0 Å². The lowest BCUT2D eigenvalue weighted by Crippen LogP contribution is -2.56. The molecule has 0 aliphatic carbocycles. The SMILES string of the molecule is NC(=O)C1(c2ccc3c(c2)CCO3)COC1. The van der Waals surface area contributed by atoms with E-state index in [-0.39, 0.29) is 5.91 Å². The van der Waals surface area contributed by atoms with Crippen LogP contribution in [0, 0.1) is 0 Å². The zero-order valence-electron chi connectivity index (χ0n) is 8.86. The van der Waals surface area contributed by atoms with Gasteiger partial charge in [-0.2, -0.15) is 0 Å². The molecule has 1 amide bonds. The summed E-state index contributed by atoms with van der Waals surface area (Å²) in [6.07, 6.45) is 0.902. The van der Waals surface area contributed by atoms with Gasteiger partial charge in [0.2, 0.25) is 5.91 Å². The Kier molecular flexibility index (Phi) is 1.94. The Morgan fingerprint density at radius 2 is 2.19 bits per heavy atom. The van der Waals surface area contributed by atoms with Crippen molar-refractivity contribution >= 4 is 5.91 Å². The van der Waals surface area contributed by atoms with Gasteiger partial charge in [-0.1, -0.05) is 12.1 Å². The number of carbonyl (C=O) groups is 1. The van der Waals surface area contributed by atoms with Crippen LogP contribution in [0.4, 0.5) is 0 Å². The average Bonchev–Trinajstić information content (AvgIpc) is 2.62. The summed E-state index contributed by atoms with van der Waals surface area (Å²) in [5.41, 5.74) is 6.96. The number of amides is 1. The molecule has 1 aromatic carbocycles. The Balaban J connectivity index is 2.03. The molecule has 0 saturated carbocycles. The summed E-state index contributed by atoms with van der Waals surface area (Å²) in [6.45, 7) is 1.50. The number of ether oxygens (including phenoxy) is 2. The average molecular weight is 219 g/mol. The van der Waals surface area contributed by atoms with E-state index in [4.69, 9.17) is 15.2 Å². The van der Waals surface area contributed by atoms with Gasteiger partial charge in [0, 0.05) is 6.42 Å². The fourth-order valence-electron chi connectivity index (χ4n) is 2.24. The van der Waals surface area contributed by atoms with E-state index < -0.39 is 5.41 Å². The first-order chi connectivity index (χ1) is 7.72. The van der Waals surface area contributed by atoms with Crippen LogP contribution in [0.15, 0.2) is 18.2 Å². The zero-order valence-corrected chi connectivity index (χ0v) is 8.86. The van der Waals surface area contributed by atoms with Crippen LogP contribution < -0.4 is 10.5 Å². The molecular formula is C12H13NO3. The number of carbonyl (C=O) groups excluding carboxylic acids is 1. The largest absolute Gasteiger partial charge is 0.493 e. The number of primary amides is 1. The standard InChI is InChI=1S/C12H13NO3/c13-11(14)12(6-15-7-12)9-1-2-10-8(5-9)3-4-16-10/h1-2,5H,3-4,6-7H2,(H2,13,14). The highest BCUT2D eigenvalue weighted by molar-refractivity contribution is 5.88. The molecule has 2 aliphatic rings. The molecule has 0 bridgehead atoms. The van der Waals surface area contributed by atoms with E-state index in [0.29, 0.717) is 13.2 Å². The van der Waals surface area contributed by atoms with Gasteiger partial charge < -0.3 is 15.2 Å². The Morgan fingerprint density at radius 1 is 1.38 bits per heavy atom. The number of hydrogen-bond acceptors (Lipinski definition) is 3. The molecule has 0 spiro atoms. The first kappa shape index (κ1) is 9.66.